The molecule has 5 saturated carbocycles. The first-order chi connectivity index (χ1) is 14.3. The molecule has 0 spiro atoms. The van der Waals surface area contributed by atoms with Gasteiger partial charge in [-0.3, -0.25) is 0 Å². The van der Waals surface area contributed by atoms with E-state index < -0.39 is 0 Å². The first-order valence-corrected chi connectivity index (χ1v) is 14.0. The number of fused-ring (bicyclic) bond motifs is 7. The van der Waals surface area contributed by atoms with Crippen LogP contribution >= 0.6 is 0 Å². The fourth-order valence-electron chi connectivity index (χ4n) is 11.7. The van der Waals surface area contributed by atoms with Crippen LogP contribution in [0.2, 0.25) is 0 Å². The third-order valence-corrected chi connectivity index (χ3v) is 14.0. The molecule has 0 heterocycles. The molecule has 0 bridgehead atoms. The van der Waals surface area contributed by atoms with Gasteiger partial charge in [-0.15, -0.1) is 0 Å². The molecular weight excluding hydrogens is 372 g/mol. The molecule has 176 valence electrons. The normalized spacial score (nSPS) is 57.9. The van der Waals surface area contributed by atoms with Crippen LogP contribution < -0.4 is 0 Å². The van der Waals surface area contributed by atoms with Gasteiger partial charge in [-0.05, 0) is 134 Å². The molecule has 5 aliphatic carbocycles. The van der Waals surface area contributed by atoms with E-state index in [1.807, 2.05) is 0 Å². The maximum atomic E-state index is 4.51. The van der Waals surface area contributed by atoms with Crippen molar-refractivity contribution in [2.75, 3.05) is 0 Å². The quantitative estimate of drug-likeness (QED) is 0.368. The average Bonchev–Trinajstić information content (AvgIpc) is 3.04. The van der Waals surface area contributed by atoms with E-state index >= 15 is 0 Å². The Hall–Kier alpha value is -0.260. The number of allylic oxidation sites excluding steroid dienone is 1. The lowest BCUT2D eigenvalue weighted by atomic mass is 9.32. The highest BCUT2D eigenvalue weighted by Gasteiger charge is 2.69. The highest BCUT2D eigenvalue weighted by atomic mass is 14.7. The van der Waals surface area contributed by atoms with E-state index in [0.717, 1.165) is 35.5 Å². The van der Waals surface area contributed by atoms with Crippen LogP contribution in [-0.4, -0.2) is 0 Å². The molecule has 5 fully saturated rings. The van der Waals surface area contributed by atoms with E-state index in [-0.39, 0.29) is 0 Å². The van der Waals surface area contributed by atoms with Crippen LogP contribution in [-0.2, 0) is 0 Å². The van der Waals surface area contributed by atoms with E-state index in [2.05, 4.69) is 62.0 Å². The van der Waals surface area contributed by atoms with Crippen molar-refractivity contribution in [3.63, 3.8) is 0 Å². The molecular formula is C31H52. The third kappa shape index (κ3) is 2.66. The predicted octanol–water partition coefficient (Wildman–Crippen LogP) is 9.30. The molecule has 0 radical (unpaired) electrons. The third-order valence-electron chi connectivity index (χ3n) is 14.0. The summed E-state index contributed by atoms with van der Waals surface area (Å²) in [4.78, 5) is 0. The lowest BCUT2D eigenvalue weighted by Crippen LogP contribution is -2.65. The minimum Gasteiger partial charge on any atom is -0.0998 e. The summed E-state index contributed by atoms with van der Waals surface area (Å²) in [5.74, 6) is 5.34. The van der Waals surface area contributed by atoms with Crippen LogP contribution in [0.4, 0.5) is 0 Å². The lowest BCUT2D eigenvalue weighted by Gasteiger charge is -2.73. The Morgan fingerprint density at radius 1 is 0.710 bits per heavy atom. The van der Waals surface area contributed by atoms with Crippen LogP contribution in [0.1, 0.15) is 120 Å². The van der Waals surface area contributed by atoms with Crippen molar-refractivity contribution in [3.05, 3.63) is 12.2 Å². The van der Waals surface area contributed by atoms with Gasteiger partial charge >= 0.3 is 0 Å². The Morgan fingerprint density at radius 2 is 1.42 bits per heavy atom. The highest BCUT2D eigenvalue weighted by Crippen LogP contribution is 2.77. The molecule has 0 aromatic rings. The van der Waals surface area contributed by atoms with E-state index in [1.54, 1.807) is 0 Å². The van der Waals surface area contributed by atoms with Crippen LogP contribution in [0.15, 0.2) is 12.2 Å². The number of rotatable bonds is 1. The van der Waals surface area contributed by atoms with Gasteiger partial charge in [0, 0.05) is 0 Å². The molecule has 0 N–H and O–H groups in total. The van der Waals surface area contributed by atoms with E-state index in [9.17, 15) is 0 Å². The van der Waals surface area contributed by atoms with E-state index in [4.69, 9.17) is 0 Å². The van der Waals surface area contributed by atoms with Crippen molar-refractivity contribution in [2.24, 2.45) is 62.6 Å². The summed E-state index contributed by atoms with van der Waals surface area (Å²) in [6.07, 6.45) is 14.7. The van der Waals surface area contributed by atoms with Crippen LogP contribution in [0.5, 0.6) is 0 Å². The Morgan fingerprint density at radius 3 is 2.10 bits per heavy atom. The second-order valence-electron chi connectivity index (χ2n) is 15.1. The highest BCUT2D eigenvalue weighted by molar-refractivity contribution is 5.20. The molecule has 0 aliphatic heterocycles. The standard InChI is InChI=1S/C31H52/c1-20(2)22-13-15-28(6)18-19-30(8)23(26(22)28)10-11-25-29(7)16-12-21(3)27(4,5)24(29)14-17-31(25,30)9/h21-26H,1,10-19H2,2-9H3/t21?,22-,23?,24?,25?,26?,28+,29-,30+,31+/m0/s1. The second kappa shape index (κ2) is 6.66. The molecule has 31 heavy (non-hydrogen) atoms. The van der Waals surface area contributed by atoms with E-state index in [1.165, 1.54) is 69.8 Å². The second-order valence-corrected chi connectivity index (χ2v) is 15.1. The monoisotopic (exact) mass is 424 g/mol. The van der Waals surface area contributed by atoms with Gasteiger partial charge in [-0.2, -0.15) is 0 Å². The van der Waals surface area contributed by atoms with Crippen LogP contribution in [0.3, 0.4) is 0 Å². The summed E-state index contributed by atoms with van der Waals surface area (Å²) in [7, 11) is 0. The first kappa shape index (κ1) is 22.5. The van der Waals surface area contributed by atoms with Crippen molar-refractivity contribution in [1.82, 2.24) is 0 Å². The van der Waals surface area contributed by atoms with Crippen molar-refractivity contribution in [3.8, 4) is 0 Å². The molecule has 0 aromatic carbocycles. The molecule has 5 unspecified atom stereocenters. The zero-order chi connectivity index (χ0) is 22.6. The summed E-state index contributed by atoms with van der Waals surface area (Å²) in [6, 6.07) is 0. The summed E-state index contributed by atoms with van der Waals surface area (Å²) < 4.78 is 0. The molecule has 0 saturated heterocycles. The predicted molar refractivity (Wildman–Crippen MR) is 134 cm³/mol. The van der Waals surface area contributed by atoms with Gasteiger partial charge in [0.25, 0.3) is 0 Å². The SMILES string of the molecule is C=C(C)[C@@H]1CC[C@]2(C)CC[C@]3(C)C(CCC4[C@@]5(C)CCC(C)C(C)(C)C5CC[C@]43C)C12. The Labute approximate surface area is 194 Å². The summed E-state index contributed by atoms with van der Waals surface area (Å²) in [6.45, 7) is 25.6. The molecule has 0 nitrogen and oxygen atoms in total. The van der Waals surface area contributed by atoms with Crippen molar-refractivity contribution in [1.29, 1.82) is 0 Å². The summed E-state index contributed by atoms with van der Waals surface area (Å²) in [5.41, 5.74) is 4.19. The first-order valence-electron chi connectivity index (χ1n) is 14.0. The average molecular weight is 425 g/mol. The van der Waals surface area contributed by atoms with Crippen molar-refractivity contribution < 1.29 is 0 Å². The molecule has 5 rings (SSSR count). The molecule has 0 amide bonds. The number of hydrogen-bond acceptors (Lipinski definition) is 0. The van der Waals surface area contributed by atoms with Gasteiger partial charge in [-0.1, -0.05) is 60.6 Å². The Bertz CT molecular complexity index is 760. The number of hydrogen-bond donors (Lipinski definition) is 0. The maximum Gasteiger partial charge on any atom is -0.0172 e. The van der Waals surface area contributed by atoms with Gasteiger partial charge in [0.05, 0.1) is 0 Å². The lowest BCUT2D eigenvalue weighted by molar-refractivity contribution is -0.240. The molecule has 0 aromatic heterocycles. The summed E-state index contributed by atoms with van der Waals surface area (Å²) >= 11 is 0. The maximum absolute atomic E-state index is 4.51. The van der Waals surface area contributed by atoms with Crippen molar-refractivity contribution in [2.45, 2.75) is 120 Å². The minimum absolute atomic E-state index is 0.508. The smallest absolute Gasteiger partial charge is 0.0172 e. The molecule has 10 atom stereocenters. The van der Waals surface area contributed by atoms with Gasteiger partial charge < -0.3 is 0 Å². The van der Waals surface area contributed by atoms with Gasteiger partial charge in [-0.25, -0.2) is 0 Å². The van der Waals surface area contributed by atoms with Gasteiger partial charge in [0.2, 0.25) is 0 Å². The molecule has 0 heteroatoms. The fraction of sp³-hybridized carbons (Fsp3) is 0.935. The zero-order valence-electron chi connectivity index (χ0n) is 22.2. The van der Waals surface area contributed by atoms with Gasteiger partial charge in [0.1, 0.15) is 0 Å². The Balaban J connectivity index is 1.54. The van der Waals surface area contributed by atoms with Crippen molar-refractivity contribution >= 4 is 0 Å². The molecule has 5 aliphatic rings. The minimum atomic E-state index is 0.508. The summed E-state index contributed by atoms with van der Waals surface area (Å²) in [5, 5.41) is 0. The van der Waals surface area contributed by atoms with Crippen LogP contribution in [0, 0.1) is 62.6 Å². The van der Waals surface area contributed by atoms with E-state index in [0.29, 0.717) is 27.1 Å². The zero-order valence-corrected chi connectivity index (χ0v) is 22.2. The fourth-order valence-corrected chi connectivity index (χ4v) is 11.7. The van der Waals surface area contributed by atoms with Gasteiger partial charge in [0.15, 0.2) is 0 Å². The largest absolute Gasteiger partial charge is 0.0998 e. The topological polar surface area (TPSA) is 0 Å². The van der Waals surface area contributed by atoms with Crippen LogP contribution in [0.25, 0.3) is 0 Å². The Kier molecular flexibility index (Phi) is 4.84.